The van der Waals surface area contributed by atoms with Crippen LogP contribution in [0.5, 0.6) is 0 Å². The Morgan fingerprint density at radius 2 is 1.89 bits per heavy atom. The number of carbonyl (C=O) groups is 1. The van der Waals surface area contributed by atoms with Crippen molar-refractivity contribution in [3.63, 3.8) is 0 Å². The maximum atomic E-state index is 11.5. The second-order valence-electron chi connectivity index (χ2n) is 5.68. The molecule has 0 spiro atoms. The Balaban J connectivity index is 3.90. The Morgan fingerprint density at radius 3 is 2.39 bits per heavy atom. The summed E-state index contributed by atoms with van der Waals surface area (Å²) in [6.07, 6.45) is 4.21. The van der Waals surface area contributed by atoms with Gasteiger partial charge >= 0.3 is 6.09 Å². The number of carbonyl (C=O) groups excluding carboxylic acids is 1. The summed E-state index contributed by atoms with van der Waals surface area (Å²) >= 11 is 0. The van der Waals surface area contributed by atoms with Crippen LogP contribution in [-0.2, 0) is 4.74 Å². The lowest BCUT2D eigenvalue weighted by Crippen LogP contribution is -2.43. The quantitative estimate of drug-likeness (QED) is 0.658. The second kappa shape index (κ2) is 9.20. The minimum absolute atomic E-state index is 0.333. The third-order valence-electron chi connectivity index (χ3n) is 2.49. The Kier molecular flexibility index (Phi) is 8.81. The van der Waals surface area contributed by atoms with Crippen LogP contribution in [0, 0.1) is 0 Å². The summed E-state index contributed by atoms with van der Waals surface area (Å²) in [4.78, 5) is 11.5. The standard InChI is InChI=1S/C14H30N2O2/c1-6-8-10-15-12(9-7-2)11-16-13(17)18-14(3,4)5/h12,15H,6-11H2,1-5H3,(H,16,17). The predicted octanol–water partition coefficient (Wildman–Crippen LogP) is 3.07. The number of alkyl carbamates (subject to hydrolysis) is 1. The lowest BCUT2D eigenvalue weighted by atomic mass is 10.1. The van der Waals surface area contributed by atoms with Gasteiger partial charge in [0.25, 0.3) is 0 Å². The lowest BCUT2D eigenvalue weighted by Gasteiger charge is -2.22. The number of amides is 1. The molecule has 2 N–H and O–H groups in total. The maximum absolute atomic E-state index is 11.5. The van der Waals surface area contributed by atoms with Gasteiger partial charge in [0.05, 0.1) is 0 Å². The Labute approximate surface area is 112 Å². The molecule has 1 amide bonds. The fraction of sp³-hybridized carbons (Fsp3) is 0.929. The topological polar surface area (TPSA) is 50.4 Å². The van der Waals surface area contributed by atoms with Crippen molar-refractivity contribution in [3.05, 3.63) is 0 Å². The molecule has 0 heterocycles. The minimum atomic E-state index is -0.431. The molecular weight excluding hydrogens is 228 g/mol. The van der Waals surface area contributed by atoms with Gasteiger partial charge in [0, 0.05) is 12.6 Å². The molecular formula is C14H30N2O2. The first kappa shape index (κ1) is 17.2. The van der Waals surface area contributed by atoms with E-state index in [1.165, 1.54) is 12.8 Å². The van der Waals surface area contributed by atoms with E-state index in [1.54, 1.807) is 0 Å². The molecule has 0 saturated carbocycles. The monoisotopic (exact) mass is 258 g/mol. The molecule has 4 heteroatoms. The number of rotatable bonds is 8. The third kappa shape index (κ3) is 10.4. The van der Waals surface area contributed by atoms with Gasteiger partial charge in [0.15, 0.2) is 0 Å². The van der Waals surface area contributed by atoms with Gasteiger partial charge in [-0.1, -0.05) is 26.7 Å². The number of hydrogen-bond donors (Lipinski definition) is 2. The molecule has 0 aromatic rings. The molecule has 0 aliphatic heterocycles. The Morgan fingerprint density at radius 1 is 1.22 bits per heavy atom. The summed E-state index contributed by atoms with van der Waals surface area (Å²) in [7, 11) is 0. The van der Waals surface area contributed by atoms with Crippen LogP contribution >= 0.6 is 0 Å². The summed E-state index contributed by atoms with van der Waals surface area (Å²) in [6.45, 7) is 11.6. The van der Waals surface area contributed by atoms with Gasteiger partial charge in [-0.05, 0) is 40.2 Å². The van der Waals surface area contributed by atoms with E-state index in [2.05, 4.69) is 24.5 Å². The molecule has 108 valence electrons. The van der Waals surface area contributed by atoms with Crippen LogP contribution in [0.15, 0.2) is 0 Å². The van der Waals surface area contributed by atoms with Gasteiger partial charge < -0.3 is 15.4 Å². The van der Waals surface area contributed by atoms with Gasteiger partial charge in [-0.3, -0.25) is 0 Å². The molecule has 0 radical (unpaired) electrons. The van der Waals surface area contributed by atoms with E-state index >= 15 is 0 Å². The first-order valence-corrected chi connectivity index (χ1v) is 7.09. The molecule has 0 saturated heterocycles. The van der Waals surface area contributed by atoms with Crippen LogP contribution < -0.4 is 10.6 Å². The summed E-state index contributed by atoms with van der Waals surface area (Å²) in [5, 5.41) is 6.30. The number of unbranched alkanes of at least 4 members (excludes halogenated alkanes) is 1. The smallest absolute Gasteiger partial charge is 0.407 e. The molecule has 1 atom stereocenters. The van der Waals surface area contributed by atoms with Crippen LogP contribution in [0.4, 0.5) is 4.79 Å². The molecule has 18 heavy (non-hydrogen) atoms. The highest BCUT2D eigenvalue weighted by Gasteiger charge is 2.16. The average Bonchev–Trinajstić information content (AvgIpc) is 2.24. The number of hydrogen-bond acceptors (Lipinski definition) is 3. The van der Waals surface area contributed by atoms with Crippen molar-refractivity contribution in [1.29, 1.82) is 0 Å². The van der Waals surface area contributed by atoms with E-state index in [4.69, 9.17) is 4.74 Å². The van der Waals surface area contributed by atoms with Gasteiger partial charge in [-0.25, -0.2) is 4.79 Å². The fourth-order valence-corrected chi connectivity index (χ4v) is 1.63. The molecule has 0 aromatic heterocycles. The highest BCUT2D eigenvalue weighted by Crippen LogP contribution is 2.06. The van der Waals surface area contributed by atoms with Crippen LogP contribution in [0.1, 0.15) is 60.3 Å². The number of nitrogens with one attached hydrogen (secondary N) is 2. The van der Waals surface area contributed by atoms with Crippen LogP contribution in [0.3, 0.4) is 0 Å². The average molecular weight is 258 g/mol. The third-order valence-corrected chi connectivity index (χ3v) is 2.49. The van der Waals surface area contributed by atoms with Gasteiger partial charge in [-0.2, -0.15) is 0 Å². The molecule has 0 rings (SSSR count). The zero-order chi connectivity index (χ0) is 14.0. The first-order valence-electron chi connectivity index (χ1n) is 7.09. The van der Waals surface area contributed by atoms with E-state index < -0.39 is 5.60 Å². The van der Waals surface area contributed by atoms with E-state index in [-0.39, 0.29) is 6.09 Å². The highest BCUT2D eigenvalue weighted by atomic mass is 16.6. The van der Waals surface area contributed by atoms with Crippen molar-refractivity contribution >= 4 is 6.09 Å². The zero-order valence-electron chi connectivity index (χ0n) is 12.6. The highest BCUT2D eigenvalue weighted by molar-refractivity contribution is 5.67. The lowest BCUT2D eigenvalue weighted by molar-refractivity contribution is 0.0522. The van der Waals surface area contributed by atoms with Crippen LogP contribution in [-0.4, -0.2) is 30.8 Å². The van der Waals surface area contributed by atoms with Gasteiger partial charge in [0.1, 0.15) is 5.60 Å². The van der Waals surface area contributed by atoms with Crippen molar-refractivity contribution < 1.29 is 9.53 Å². The fourth-order valence-electron chi connectivity index (χ4n) is 1.63. The molecule has 0 aromatic carbocycles. The molecule has 0 bridgehead atoms. The predicted molar refractivity (Wildman–Crippen MR) is 75.8 cm³/mol. The van der Waals surface area contributed by atoms with Crippen molar-refractivity contribution in [2.45, 2.75) is 71.9 Å². The van der Waals surface area contributed by atoms with Crippen molar-refractivity contribution in [1.82, 2.24) is 10.6 Å². The van der Waals surface area contributed by atoms with E-state index in [9.17, 15) is 4.79 Å². The molecule has 1 unspecified atom stereocenters. The maximum Gasteiger partial charge on any atom is 0.407 e. The summed E-state index contributed by atoms with van der Waals surface area (Å²) in [5.41, 5.74) is -0.431. The summed E-state index contributed by atoms with van der Waals surface area (Å²) in [6, 6.07) is 0.342. The van der Waals surface area contributed by atoms with Crippen LogP contribution in [0.25, 0.3) is 0 Å². The zero-order valence-corrected chi connectivity index (χ0v) is 12.6. The first-order chi connectivity index (χ1) is 8.39. The minimum Gasteiger partial charge on any atom is -0.444 e. The van der Waals surface area contributed by atoms with Gasteiger partial charge in [-0.15, -0.1) is 0 Å². The van der Waals surface area contributed by atoms with E-state index in [0.29, 0.717) is 12.6 Å². The second-order valence-corrected chi connectivity index (χ2v) is 5.68. The Hall–Kier alpha value is -0.770. The van der Waals surface area contributed by atoms with Crippen LogP contribution in [0.2, 0.25) is 0 Å². The molecule has 0 aliphatic rings. The van der Waals surface area contributed by atoms with Crippen molar-refractivity contribution in [2.24, 2.45) is 0 Å². The number of ether oxygens (including phenoxy) is 1. The van der Waals surface area contributed by atoms with Crippen molar-refractivity contribution in [2.75, 3.05) is 13.1 Å². The molecule has 0 fully saturated rings. The summed E-state index contributed by atoms with van der Waals surface area (Å²) < 4.78 is 5.21. The molecule has 4 nitrogen and oxygen atoms in total. The van der Waals surface area contributed by atoms with Crippen molar-refractivity contribution in [3.8, 4) is 0 Å². The molecule has 0 aliphatic carbocycles. The summed E-state index contributed by atoms with van der Waals surface area (Å²) in [5.74, 6) is 0. The largest absolute Gasteiger partial charge is 0.444 e. The van der Waals surface area contributed by atoms with E-state index in [0.717, 1.165) is 19.4 Å². The SMILES string of the molecule is CCCCNC(CCC)CNC(=O)OC(C)(C)C. The van der Waals surface area contributed by atoms with Gasteiger partial charge in [0.2, 0.25) is 0 Å². The normalized spacial score (nSPS) is 13.2. The van der Waals surface area contributed by atoms with E-state index in [1.807, 2.05) is 20.8 Å². The Bertz CT molecular complexity index is 224.